The summed E-state index contributed by atoms with van der Waals surface area (Å²) in [7, 11) is 0. The maximum atomic E-state index is 13.4. The topological polar surface area (TPSA) is 81.1 Å². The molecule has 1 aromatic heterocycles. The van der Waals surface area contributed by atoms with Gasteiger partial charge in [-0.05, 0) is 38.1 Å². The van der Waals surface area contributed by atoms with Crippen molar-refractivity contribution in [2.45, 2.75) is 18.9 Å². The van der Waals surface area contributed by atoms with Gasteiger partial charge < -0.3 is 15.4 Å². The highest BCUT2D eigenvalue weighted by Gasteiger charge is 2.19. The average Bonchev–Trinajstić information content (AvgIpc) is 3.20. The number of para-hydroxylation sites is 2. The predicted molar refractivity (Wildman–Crippen MR) is 109 cm³/mol. The number of hydrogen-bond donors (Lipinski definition) is 2. The van der Waals surface area contributed by atoms with Gasteiger partial charge in [0.25, 0.3) is 5.91 Å². The smallest absolute Gasteiger partial charge is 0.277 e. The molecule has 10 heteroatoms. The number of piperidine rings is 1. The summed E-state index contributed by atoms with van der Waals surface area (Å²) in [6, 6.07) is 9.70. The lowest BCUT2D eigenvalue weighted by atomic mass is 10.1. The first-order valence-electron chi connectivity index (χ1n) is 9.25. The fourth-order valence-corrected chi connectivity index (χ4v) is 3.19. The van der Waals surface area contributed by atoms with E-state index in [0.717, 1.165) is 44.1 Å². The van der Waals surface area contributed by atoms with E-state index in [0.29, 0.717) is 5.69 Å². The van der Waals surface area contributed by atoms with Crippen LogP contribution in [0.1, 0.15) is 29.4 Å². The highest BCUT2D eigenvalue weighted by molar-refractivity contribution is 6.03. The second-order valence-corrected chi connectivity index (χ2v) is 6.72. The van der Waals surface area contributed by atoms with Gasteiger partial charge in [0.1, 0.15) is 17.4 Å². The summed E-state index contributed by atoms with van der Waals surface area (Å²) < 4.78 is 34.1. The quantitative estimate of drug-likeness (QED) is 0.634. The van der Waals surface area contributed by atoms with Gasteiger partial charge >= 0.3 is 0 Å². The van der Waals surface area contributed by atoms with Crippen molar-refractivity contribution >= 4 is 24.0 Å². The minimum atomic E-state index is -0.754. The molecule has 0 aliphatic carbocycles. The van der Waals surface area contributed by atoms with Crippen LogP contribution in [0.3, 0.4) is 0 Å². The lowest BCUT2D eigenvalue weighted by Crippen LogP contribution is -2.29. The van der Waals surface area contributed by atoms with E-state index >= 15 is 0 Å². The van der Waals surface area contributed by atoms with Crippen LogP contribution in [0.5, 0.6) is 11.5 Å². The second kappa shape index (κ2) is 9.64. The summed E-state index contributed by atoms with van der Waals surface area (Å²) in [5.74, 6) is -1.73. The van der Waals surface area contributed by atoms with Crippen LogP contribution >= 0.6 is 12.4 Å². The van der Waals surface area contributed by atoms with Crippen LogP contribution in [0.25, 0.3) is 0 Å². The molecule has 2 heterocycles. The first-order valence-corrected chi connectivity index (χ1v) is 9.25. The molecule has 0 spiro atoms. The lowest BCUT2D eigenvalue weighted by Gasteiger charge is -2.22. The minimum Gasteiger partial charge on any atom is -0.455 e. The Morgan fingerprint density at radius 1 is 1.13 bits per heavy atom. The Morgan fingerprint density at radius 3 is 2.57 bits per heavy atom. The number of rotatable bonds is 5. The number of carbonyl (C=O) groups is 1. The van der Waals surface area contributed by atoms with Crippen LogP contribution in [0.2, 0.25) is 0 Å². The molecule has 0 saturated carbocycles. The van der Waals surface area contributed by atoms with Crippen molar-refractivity contribution < 1.29 is 18.3 Å². The van der Waals surface area contributed by atoms with Crippen LogP contribution in [-0.4, -0.2) is 34.0 Å². The Kier molecular flexibility index (Phi) is 6.96. The van der Waals surface area contributed by atoms with E-state index in [1.165, 1.54) is 0 Å². The van der Waals surface area contributed by atoms with Crippen molar-refractivity contribution in [3.8, 4) is 11.5 Å². The Balaban J connectivity index is 0.00000256. The van der Waals surface area contributed by atoms with E-state index in [4.69, 9.17) is 4.74 Å². The molecule has 0 atom stereocenters. The van der Waals surface area contributed by atoms with Crippen LogP contribution < -0.4 is 15.4 Å². The molecule has 1 saturated heterocycles. The molecule has 0 radical (unpaired) electrons. The van der Waals surface area contributed by atoms with E-state index in [1.54, 1.807) is 35.1 Å². The molecule has 2 N–H and O–H groups in total. The van der Waals surface area contributed by atoms with Crippen molar-refractivity contribution in [1.29, 1.82) is 0 Å². The first kappa shape index (κ1) is 21.7. The Labute approximate surface area is 177 Å². The number of amides is 1. The van der Waals surface area contributed by atoms with Gasteiger partial charge in [0.05, 0.1) is 17.9 Å². The molecule has 158 valence electrons. The molecular weight excluding hydrogens is 416 g/mol. The van der Waals surface area contributed by atoms with Gasteiger partial charge in [0.15, 0.2) is 11.4 Å². The van der Waals surface area contributed by atoms with Gasteiger partial charge in [0, 0.05) is 18.2 Å². The standard InChI is InChI=1S/C20H19F2N5O2.ClH/c21-13-9-14(22)11-16(10-13)29-19-4-2-1-3-17(19)24-20(28)18-12-27(26-25-18)15-5-7-23-8-6-15;/h1-4,9-12,15,23H,5-8H2,(H,24,28);1H. The predicted octanol–water partition coefficient (Wildman–Crippen LogP) is 3.95. The highest BCUT2D eigenvalue weighted by atomic mass is 35.5. The molecule has 0 unspecified atom stereocenters. The van der Waals surface area contributed by atoms with E-state index in [1.807, 2.05) is 0 Å². The second-order valence-electron chi connectivity index (χ2n) is 6.72. The summed E-state index contributed by atoms with van der Waals surface area (Å²) in [5, 5.41) is 14.0. The van der Waals surface area contributed by atoms with Gasteiger partial charge in [-0.3, -0.25) is 4.79 Å². The van der Waals surface area contributed by atoms with Crippen LogP contribution in [0, 0.1) is 11.6 Å². The molecule has 0 bridgehead atoms. The number of aromatic nitrogens is 3. The summed E-state index contributed by atoms with van der Waals surface area (Å²) in [6.07, 6.45) is 3.47. The molecule has 2 aromatic carbocycles. The number of anilines is 1. The van der Waals surface area contributed by atoms with Crippen molar-refractivity contribution in [3.05, 3.63) is 66.0 Å². The zero-order chi connectivity index (χ0) is 20.2. The number of nitrogens with zero attached hydrogens (tertiary/aromatic N) is 3. The van der Waals surface area contributed by atoms with Gasteiger partial charge in [-0.15, -0.1) is 17.5 Å². The highest BCUT2D eigenvalue weighted by Crippen LogP contribution is 2.30. The van der Waals surface area contributed by atoms with Gasteiger partial charge in [-0.2, -0.15) is 0 Å². The normalized spacial score (nSPS) is 14.1. The molecule has 1 aliphatic heterocycles. The zero-order valence-corrected chi connectivity index (χ0v) is 16.7. The van der Waals surface area contributed by atoms with Crippen LogP contribution in [0.15, 0.2) is 48.7 Å². The van der Waals surface area contributed by atoms with Gasteiger partial charge in [-0.1, -0.05) is 17.3 Å². The summed E-state index contributed by atoms with van der Waals surface area (Å²) in [6.45, 7) is 1.80. The minimum absolute atomic E-state index is 0. The lowest BCUT2D eigenvalue weighted by molar-refractivity contribution is 0.102. The molecule has 4 rings (SSSR count). The zero-order valence-electron chi connectivity index (χ0n) is 15.8. The number of nitrogens with one attached hydrogen (secondary N) is 2. The first-order chi connectivity index (χ1) is 14.1. The molecule has 1 amide bonds. The maximum Gasteiger partial charge on any atom is 0.277 e. The third-order valence-corrected chi connectivity index (χ3v) is 4.62. The van der Waals surface area contributed by atoms with Crippen LogP contribution in [0.4, 0.5) is 14.5 Å². The van der Waals surface area contributed by atoms with Crippen molar-refractivity contribution in [3.63, 3.8) is 0 Å². The van der Waals surface area contributed by atoms with E-state index in [2.05, 4.69) is 20.9 Å². The van der Waals surface area contributed by atoms with Crippen molar-refractivity contribution in [2.75, 3.05) is 18.4 Å². The van der Waals surface area contributed by atoms with Gasteiger partial charge in [-0.25, -0.2) is 13.5 Å². The Bertz CT molecular complexity index is 1000. The third kappa shape index (κ3) is 5.11. The number of ether oxygens (including phenoxy) is 1. The number of halogens is 3. The van der Waals surface area contributed by atoms with Crippen LogP contribution in [-0.2, 0) is 0 Å². The van der Waals surface area contributed by atoms with Gasteiger partial charge in [0.2, 0.25) is 0 Å². The van der Waals surface area contributed by atoms with E-state index < -0.39 is 17.5 Å². The molecule has 7 nitrogen and oxygen atoms in total. The van der Waals surface area contributed by atoms with Crippen molar-refractivity contribution in [1.82, 2.24) is 20.3 Å². The molecule has 30 heavy (non-hydrogen) atoms. The SMILES string of the molecule is Cl.O=C(Nc1ccccc1Oc1cc(F)cc(F)c1)c1cn(C2CCNCC2)nn1. The number of hydrogen-bond acceptors (Lipinski definition) is 5. The summed E-state index contributed by atoms with van der Waals surface area (Å²) >= 11 is 0. The summed E-state index contributed by atoms with van der Waals surface area (Å²) in [4.78, 5) is 12.6. The number of benzene rings is 2. The Hall–Kier alpha value is -3.04. The third-order valence-electron chi connectivity index (χ3n) is 4.62. The maximum absolute atomic E-state index is 13.4. The molecule has 1 fully saturated rings. The monoisotopic (exact) mass is 435 g/mol. The molecule has 3 aromatic rings. The fourth-order valence-electron chi connectivity index (χ4n) is 3.19. The summed E-state index contributed by atoms with van der Waals surface area (Å²) in [5.41, 5.74) is 0.522. The van der Waals surface area contributed by atoms with E-state index in [9.17, 15) is 13.6 Å². The van der Waals surface area contributed by atoms with Crippen molar-refractivity contribution in [2.24, 2.45) is 0 Å². The Morgan fingerprint density at radius 2 is 1.83 bits per heavy atom. The number of carbonyl (C=O) groups excluding carboxylic acids is 1. The average molecular weight is 436 g/mol. The largest absolute Gasteiger partial charge is 0.455 e. The van der Waals surface area contributed by atoms with E-state index in [-0.39, 0.29) is 35.6 Å². The molecular formula is C20H20ClF2N5O2. The molecule has 1 aliphatic rings. The fraction of sp³-hybridized carbons (Fsp3) is 0.250.